The van der Waals surface area contributed by atoms with Gasteiger partial charge in [0.25, 0.3) is 0 Å². The molecule has 1 aliphatic heterocycles. The van der Waals surface area contributed by atoms with Gasteiger partial charge in [0.15, 0.2) is 0 Å². The molecule has 0 radical (unpaired) electrons. The maximum atomic E-state index is 6.71. The van der Waals surface area contributed by atoms with E-state index >= 15 is 0 Å². The van der Waals surface area contributed by atoms with E-state index in [0.717, 1.165) is 0 Å². The molecule has 0 aromatic rings. The van der Waals surface area contributed by atoms with Gasteiger partial charge in [-0.3, -0.25) is 0 Å². The number of hydrogen-bond acceptors (Lipinski definition) is 1. The molecule has 1 unspecified atom stereocenters. The molecule has 72 valence electrons. The Morgan fingerprint density at radius 1 is 1.42 bits per heavy atom. The van der Waals surface area contributed by atoms with Crippen LogP contribution in [0.5, 0.6) is 0 Å². The van der Waals surface area contributed by atoms with Gasteiger partial charge in [0, 0.05) is 0 Å². The van der Waals surface area contributed by atoms with Gasteiger partial charge in [-0.25, -0.2) is 0 Å². The van der Waals surface area contributed by atoms with Crippen molar-refractivity contribution in [2.75, 3.05) is 6.54 Å². The first-order chi connectivity index (χ1) is 5.40. The summed E-state index contributed by atoms with van der Waals surface area (Å²) in [6.45, 7) is 10.8. The molecule has 0 aliphatic carbocycles. The first-order valence-electron chi connectivity index (χ1n) is 4.87. The van der Waals surface area contributed by atoms with Crippen molar-refractivity contribution in [2.24, 2.45) is 0 Å². The molecule has 1 aliphatic rings. The van der Waals surface area contributed by atoms with E-state index < -0.39 is 15.8 Å². The quantitative estimate of drug-likeness (QED) is 0.512. The molecule has 1 saturated heterocycles. The van der Waals surface area contributed by atoms with Crippen molar-refractivity contribution in [3.05, 3.63) is 0 Å². The Labute approximate surface area is 83.0 Å². The Morgan fingerprint density at radius 2 is 2.00 bits per heavy atom. The second-order valence-corrected chi connectivity index (χ2v) is 15.7. The largest absolute Gasteiger partial charge is 0.333 e. The van der Waals surface area contributed by atoms with Crippen molar-refractivity contribution in [3.63, 3.8) is 0 Å². The lowest BCUT2D eigenvalue weighted by Gasteiger charge is -2.39. The Kier molecular flexibility index (Phi) is 3.09. The zero-order chi connectivity index (χ0) is 9.41. The molecule has 1 atom stereocenters. The molecule has 1 nitrogen and oxygen atoms in total. The van der Waals surface area contributed by atoms with Crippen molar-refractivity contribution in [3.8, 4) is 0 Å². The summed E-state index contributed by atoms with van der Waals surface area (Å²) >= 11 is 6.71. The predicted octanol–water partition coefficient (Wildman–Crippen LogP) is 3.23. The summed E-state index contributed by atoms with van der Waals surface area (Å²) < 4.78 is 2.71. The van der Waals surface area contributed by atoms with E-state index in [9.17, 15) is 0 Å². The Bertz CT molecular complexity index is 169. The van der Waals surface area contributed by atoms with E-state index in [-0.39, 0.29) is 0 Å². The number of rotatable bonds is 2. The summed E-state index contributed by atoms with van der Waals surface area (Å²) in [5.41, 5.74) is 0. The molecule has 1 rings (SSSR count). The van der Waals surface area contributed by atoms with Crippen LogP contribution in [0.25, 0.3) is 0 Å². The zero-order valence-electron chi connectivity index (χ0n) is 8.65. The SMILES string of the molecule is CC[Si]1(Cl)CCCN1[Si](C)(C)C. The fourth-order valence-corrected chi connectivity index (χ4v) is 13.8. The molecule has 0 aromatic heterocycles. The normalized spacial score (nSPS) is 32.8. The highest BCUT2D eigenvalue weighted by Gasteiger charge is 2.45. The van der Waals surface area contributed by atoms with Gasteiger partial charge in [-0.05, 0) is 25.1 Å². The van der Waals surface area contributed by atoms with E-state index in [1.807, 2.05) is 0 Å². The minimum absolute atomic E-state index is 1.12. The van der Waals surface area contributed by atoms with Crippen molar-refractivity contribution >= 4 is 26.9 Å². The first-order valence-corrected chi connectivity index (χ1v) is 11.7. The Hall–Kier alpha value is 0.684. The Morgan fingerprint density at radius 3 is 2.33 bits per heavy atom. The van der Waals surface area contributed by atoms with Crippen molar-refractivity contribution < 1.29 is 0 Å². The van der Waals surface area contributed by atoms with Crippen molar-refractivity contribution in [2.45, 2.75) is 45.1 Å². The van der Waals surface area contributed by atoms with E-state index in [1.165, 1.54) is 25.1 Å². The highest BCUT2D eigenvalue weighted by molar-refractivity contribution is 7.22. The molecule has 12 heavy (non-hydrogen) atoms. The fraction of sp³-hybridized carbons (Fsp3) is 1.00. The topological polar surface area (TPSA) is 3.24 Å². The van der Waals surface area contributed by atoms with E-state index in [4.69, 9.17) is 11.1 Å². The van der Waals surface area contributed by atoms with Crippen LogP contribution in [0.15, 0.2) is 0 Å². The van der Waals surface area contributed by atoms with Crippen LogP contribution in [-0.2, 0) is 0 Å². The van der Waals surface area contributed by atoms with Crippen LogP contribution in [0.4, 0.5) is 0 Å². The van der Waals surface area contributed by atoms with Crippen LogP contribution in [0.2, 0.25) is 31.7 Å². The van der Waals surface area contributed by atoms with Gasteiger partial charge >= 0.3 is 0 Å². The molecule has 0 spiro atoms. The number of hydrogen-bond donors (Lipinski definition) is 0. The molecule has 0 amide bonds. The number of nitrogens with zero attached hydrogens (tertiary/aromatic N) is 1. The molecular weight excluding hydrogens is 202 g/mol. The third-order valence-electron chi connectivity index (χ3n) is 2.78. The van der Waals surface area contributed by atoms with Crippen LogP contribution in [0.1, 0.15) is 13.3 Å². The summed E-state index contributed by atoms with van der Waals surface area (Å²) in [5, 5.41) is 0. The maximum absolute atomic E-state index is 6.71. The van der Waals surface area contributed by atoms with Crippen molar-refractivity contribution in [1.29, 1.82) is 0 Å². The minimum Gasteiger partial charge on any atom is -0.333 e. The lowest BCUT2D eigenvalue weighted by Crippen LogP contribution is -2.56. The monoisotopic (exact) mass is 221 g/mol. The van der Waals surface area contributed by atoms with Crippen LogP contribution < -0.4 is 0 Å². The first kappa shape index (κ1) is 10.8. The third-order valence-corrected chi connectivity index (χ3v) is 13.7. The smallest absolute Gasteiger partial charge is 0.222 e. The van der Waals surface area contributed by atoms with Gasteiger partial charge in [0.2, 0.25) is 7.55 Å². The average molecular weight is 222 g/mol. The lowest BCUT2D eigenvalue weighted by molar-refractivity contribution is 0.666. The summed E-state index contributed by atoms with van der Waals surface area (Å²) in [4.78, 5) is 0. The van der Waals surface area contributed by atoms with Gasteiger partial charge in [-0.2, -0.15) is 0 Å². The van der Waals surface area contributed by atoms with Gasteiger partial charge in [0.1, 0.15) is 8.24 Å². The van der Waals surface area contributed by atoms with Crippen LogP contribution in [0.3, 0.4) is 0 Å². The molecular formula is C8H20ClNSi2. The minimum atomic E-state index is -1.46. The highest BCUT2D eigenvalue weighted by Crippen LogP contribution is 2.36. The predicted molar refractivity (Wildman–Crippen MR) is 61.6 cm³/mol. The maximum Gasteiger partial charge on any atom is 0.222 e. The van der Waals surface area contributed by atoms with E-state index in [2.05, 4.69) is 30.8 Å². The fourth-order valence-electron chi connectivity index (χ4n) is 2.15. The van der Waals surface area contributed by atoms with Gasteiger partial charge in [-0.15, -0.1) is 11.1 Å². The molecule has 0 bridgehead atoms. The summed E-state index contributed by atoms with van der Waals surface area (Å²) in [5.74, 6) is 0. The zero-order valence-corrected chi connectivity index (χ0v) is 11.4. The van der Waals surface area contributed by atoms with Crippen LogP contribution >= 0.6 is 11.1 Å². The van der Waals surface area contributed by atoms with Crippen LogP contribution in [0, 0.1) is 0 Å². The third kappa shape index (κ3) is 1.95. The number of halogens is 1. The van der Waals surface area contributed by atoms with Crippen LogP contribution in [-0.4, -0.2) is 26.6 Å². The Balaban J connectivity index is 2.77. The highest BCUT2D eigenvalue weighted by atomic mass is 35.6. The molecule has 0 aromatic carbocycles. The van der Waals surface area contributed by atoms with Crippen molar-refractivity contribution in [1.82, 2.24) is 4.23 Å². The second-order valence-electron chi connectivity index (χ2n) is 4.70. The molecule has 0 N–H and O–H groups in total. The molecule has 1 fully saturated rings. The van der Waals surface area contributed by atoms with Gasteiger partial charge in [0.05, 0.1) is 0 Å². The second kappa shape index (κ2) is 3.44. The summed E-state index contributed by atoms with van der Waals surface area (Å²) in [7, 11) is -2.58. The average Bonchev–Trinajstić information content (AvgIpc) is 2.31. The summed E-state index contributed by atoms with van der Waals surface area (Å²) in [6, 6.07) is 2.54. The molecule has 4 heteroatoms. The van der Waals surface area contributed by atoms with E-state index in [1.54, 1.807) is 0 Å². The van der Waals surface area contributed by atoms with Gasteiger partial charge < -0.3 is 4.23 Å². The van der Waals surface area contributed by atoms with E-state index in [0.29, 0.717) is 0 Å². The lowest BCUT2D eigenvalue weighted by atomic mass is 10.5. The molecule has 1 heterocycles. The van der Waals surface area contributed by atoms with Gasteiger partial charge in [-0.1, -0.05) is 26.6 Å². The molecule has 0 saturated carbocycles. The summed E-state index contributed by atoms with van der Waals surface area (Å²) in [6.07, 6.45) is 1.34. The standard InChI is InChI=1S/C8H20ClNSi2/c1-5-12(9)8-6-7-10(12)11(2,3)4/h5-8H2,1-4H3.